The SMILES string of the molecule is O=C(CCCNC1CCC(CO)(c2ccccc2)CC1)c1ccc(Cl)cc1. The van der Waals surface area contributed by atoms with Crippen molar-refractivity contribution in [2.75, 3.05) is 13.2 Å². The Kier molecular flexibility index (Phi) is 7.06. The molecule has 1 fully saturated rings. The summed E-state index contributed by atoms with van der Waals surface area (Å²) in [6.07, 6.45) is 5.48. The van der Waals surface area contributed by atoms with Crippen LogP contribution in [-0.4, -0.2) is 30.1 Å². The fraction of sp³-hybridized carbons (Fsp3) is 0.435. The molecule has 0 unspecified atom stereocenters. The van der Waals surface area contributed by atoms with E-state index in [1.54, 1.807) is 24.3 Å². The van der Waals surface area contributed by atoms with E-state index in [4.69, 9.17) is 11.6 Å². The molecule has 0 heterocycles. The van der Waals surface area contributed by atoms with E-state index >= 15 is 0 Å². The predicted molar refractivity (Wildman–Crippen MR) is 110 cm³/mol. The Morgan fingerprint density at radius 3 is 2.37 bits per heavy atom. The van der Waals surface area contributed by atoms with Gasteiger partial charge < -0.3 is 10.4 Å². The topological polar surface area (TPSA) is 49.3 Å². The van der Waals surface area contributed by atoms with Crippen LogP contribution >= 0.6 is 11.6 Å². The normalized spacial score (nSPS) is 22.5. The number of Topliss-reactive ketones (excluding diaryl/α,β-unsaturated/α-hetero) is 1. The molecular weight excluding hydrogens is 358 g/mol. The van der Waals surface area contributed by atoms with Gasteiger partial charge in [0.2, 0.25) is 0 Å². The molecule has 0 aliphatic heterocycles. The van der Waals surface area contributed by atoms with Gasteiger partial charge in [0.05, 0.1) is 6.61 Å². The van der Waals surface area contributed by atoms with Crippen LogP contribution in [0, 0.1) is 0 Å². The fourth-order valence-corrected chi connectivity index (χ4v) is 4.17. The predicted octanol–water partition coefficient (Wildman–Crippen LogP) is 4.77. The van der Waals surface area contributed by atoms with Gasteiger partial charge in [0.1, 0.15) is 0 Å². The summed E-state index contributed by atoms with van der Waals surface area (Å²) in [6.45, 7) is 1.06. The number of aliphatic hydroxyl groups is 1. The highest BCUT2D eigenvalue weighted by molar-refractivity contribution is 6.30. The van der Waals surface area contributed by atoms with Gasteiger partial charge >= 0.3 is 0 Å². The standard InChI is InChI=1S/C23H28ClNO2/c24-20-10-8-18(9-11-20)22(27)7-4-16-25-21-12-14-23(17-26,15-13-21)19-5-2-1-3-6-19/h1-3,5-6,8-11,21,25-26H,4,7,12-17H2. The molecule has 0 amide bonds. The number of rotatable bonds is 8. The summed E-state index contributed by atoms with van der Waals surface area (Å²) in [7, 11) is 0. The minimum Gasteiger partial charge on any atom is -0.395 e. The van der Waals surface area contributed by atoms with Crippen LogP contribution in [0.4, 0.5) is 0 Å². The molecule has 144 valence electrons. The van der Waals surface area contributed by atoms with Crippen molar-refractivity contribution in [3.8, 4) is 0 Å². The monoisotopic (exact) mass is 385 g/mol. The molecule has 1 aliphatic rings. The molecule has 2 aromatic carbocycles. The summed E-state index contributed by atoms with van der Waals surface area (Å²) in [5.74, 6) is 0.167. The van der Waals surface area contributed by atoms with Crippen LogP contribution in [0.15, 0.2) is 54.6 Å². The molecule has 2 N–H and O–H groups in total. The van der Waals surface area contributed by atoms with Crippen molar-refractivity contribution < 1.29 is 9.90 Å². The zero-order valence-electron chi connectivity index (χ0n) is 15.7. The van der Waals surface area contributed by atoms with E-state index in [1.165, 1.54) is 5.56 Å². The van der Waals surface area contributed by atoms with Crippen LogP contribution in [0.3, 0.4) is 0 Å². The van der Waals surface area contributed by atoms with Gasteiger partial charge in [-0.2, -0.15) is 0 Å². The number of hydrogen-bond donors (Lipinski definition) is 2. The molecule has 1 aliphatic carbocycles. The molecule has 0 atom stereocenters. The maximum Gasteiger partial charge on any atom is 0.162 e. The van der Waals surface area contributed by atoms with Crippen molar-refractivity contribution >= 4 is 17.4 Å². The first-order valence-corrected chi connectivity index (χ1v) is 10.2. The van der Waals surface area contributed by atoms with Crippen molar-refractivity contribution in [2.24, 2.45) is 0 Å². The average Bonchev–Trinajstić information content (AvgIpc) is 2.73. The molecule has 3 rings (SSSR count). The molecule has 4 heteroatoms. The van der Waals surface area contributed by atoms with Crippen molar-refractivity contribution in [3.05, 3.63) is 70.7 Å². The van der Waals surface area contributed by atoms with Crippen LogP contribution in [0.1, 0.15) is 54.4 Å². The highest BCUT2D eigenvalue weighted by Gasteiger charge is 2.36. The molecule has 2 aromatic rings. The van der Waals surface area contributed by atoms with E-state index in [9.17, 15) is 9.90 Å². The first-order valence-electron chi connectivity index (χ1n) is 9.81. The molecule has 27 heavy (non-hydrogen) atoms. The molecule has 0 spiro atoms. The zero-order chi connectivity index (χ0) is 19.1. The number of nitrogens with one attached hydrogen (secondary N) is 1. The summed E-state index contributed by atoms with van der Waals surface area (Å²) in [5.41, 5.74) is 1.89. The largest absolute Gasteiger partial charge is 0.395 e. The number of hydrogen-bond acceptors (Lipinski definition) is 3. The van der Waals surface area contributed by atoms with E-state index in [1.807, 2.05) is 6.07 Å². The Morgan fingerprint density at radius 2 is 1.74 bits per heavy atom. The van der Waals surface area contributed by atoms with Gasteiger partial charge in [-0.15, -0.1) is 0 Å². The molecule has 0 saturated heterocycles. The highest BCUT2D eigenvalue weighted by Crippen LogP contribution is 2.39. The highest BCUT2D eigenvalue weighted by atomic mass is 35.5. The van der Waals surface area contributed by atoms with E-state index in [2.05, 4.69) is 29.6 Å². The van der Waals surface area contributed by atoms with Crippen molar-refractivity contribution in [1.82, 2.24) is 5.32 Å². The van der Waals surface area contributed by atoms with Gasteiger partial charge in [0.15, 0.2) is 5.78 Å². The number of halogens is 1. The molecule has 0 aromatic heterocycles. The van der Waals surface area contributed by atoms with E-state index < -0.39 is 0 Å². The van der Waals surface area contributed by atoms with Crippen LogP contribution in [0.25, 0.3) is 0 Å². The van der Waals surface area contributed by atoms with Crippen molar-refractivity contribution in [1.29, 1.82) is 0 Å². The van der Waals surface area contributed by atoms with E-state index in [0.29, 0.717) is 17.5 Å². The van der Waals surface area contributed by atoms with Gasteiger partial charge in [-0.1, -0.05) is 41.9 Å². The second-order valence-electron chi connectivity index (χ2n) is 7.57. The molecular formula is C23H28ClNO2. The second kappa shape index (κ2) is 9.50. The number of carbonyl (C=O) groups excluding carboxylic acids is 1. The fourth-order valence-electron chi connectivity index (χ4n) is 4.04. The number of aliphatic hydroxyl groups excluding tert-OH is 1. The first-order chi connectivity index (χ1) is 13.1. The molecule has 3 nitrogen and oxygen atoms in total. The summed E-state index contributed by atoms with van der Waals surface area (Å²) in [5, 5.41) is 14.3. The second-order valence-corrected chi connectivity index (χ2v) is 8.00. The van der Waals surface area contributed by atoms with Gasteiger partial charge in [-0.25, -0.2) is 0 Å². The maximum absolute atomic E-state index is 12.2. The third-order valence-electron chi connectivity index (χ3n) is 5.81. The minimum atomic E-state index is -0.0933. The van der Waals surface area contributed by atoms with E-state index in [0.717, 1.165) is 44.2 Å². The van der Waals surface area contributed by atoms with Crippen LogP contribution in [-0.2, 0) is 5.41 Å². The first kappa shape index (κ1) is 20.1. The minimum absolute atomic E-state index is 0.0933. The smallest absolute Gasteiger partial charge is 0.162 e. The number of carbonyl (C=O) groups is 1. The van der Waals surface area contributed by atoms with Crippen LogP contribution < -0.4 is 5.32 Å². The van der Waals surface area contributed by atoms with Crippen molar-refractivity contribution in [2.45, 2.75) is 50.0 Å². The van der Waals surface area contributed by atoms with E-state index in [-0.39, 0.29) is 17.8 Å². The average molecular weight is 386 g/mol. The number of ketones is 1. The van der Waals surface area contributed by atoms with Gasteiger partial charge in [-0.05, 0) is 68.5 Å². The Balaban J connectivity index is 1.41. The lowest BCUT2D eigenvalue weighted by Crippen LogP contribution is -2.42. The quantitative estimate of drug-likeness (QED) is 0.508. The third kappa shape index (κ3) is 5.19. The summed E-state index contributed by atoms with van der Waals surface area (Å²) in [4.78, 5) is 12.2. The Bertz CT molecular complexity index is 722. The molecule has 1 saturated carbocycles. The summed E-state index contributed by atoms with van der Waals surface area (Å²) >= 11 is 5.86. The Hall–Kier alpha value is -1.68. The Labute approximate surface area is 166 Å². The van der Waals surface area contributed by atoms with Gasteiger partial charge in [0, 0.05) is 28.5 Å². The van der Waals surface area contributed by atoms with Crippen LogP contribution in [0.2, 0.25) is 5.02 Å². The Morgan fingerprint density at radius 1 is 1.07 bits per heavy atom. The van der Waals surface area contributed by atoms with Crippen LogP contribution in [0.5, 0.6) is 0 Å². The zero-order valence-corrected chi connectivity index (χ0v) is 16.4. The summed E-state index contributed by atoms with van der Waals surface area (Å²) < 4.78 is 0. The van der Waals surface area contributed by atoms with Gasteiger partial charge in [0.25, 0.3) is 0 Å². The van der Waals surface area contributed by atoms with Gasteiger partial charge in [-0.3, -0.25) is 4.79 Å². The van der Waals surface area contributed by atoms with Crippen molar-refractivity contribution in [3.63, 3.8) is 0 Å². The molecule has 0 radical (unpaired) electrons. The number of benzene rings is 2. The lowest BCUT2D eigenvalue weighted by molar-refractivity contribution is 0.0978. The molecule has 0 bridgehead atoms. The lowest BCUT2D eigenvalue weighted by atomic mass is 9.69. The third-order valence-corrected chi connectivity index (χ3v) is 6.06. The lowest BCUT2D eigenvalue weighted by Gasteiger charge is -2.39. The maximum atomic E-state index is 12.2. The summed E-state index contributed by atoms with van der Waals surface area (Å²) in [6, 6.07) is 18.0.